The molecule has 1 aromatic carbocycles. The molecule has 0 atom stereocenters. The highest BCUT2D eigenvalue weighted by atomic mass is 35.5. The second kappa shape index (κ2) is 12.0. The number of H-pyrrole nitrogens is 1. The van der Waals surface area contributed by atoms with Crippen LogP contribution in [0.5, 0.6) is 11.5 Å². The van der Waals surface area contributed by atoms with Crippen molar-refractivity contribution in [2.45, 2.75) is 54.5 Å². The molecule has 2 aromatic rings. The van der Waals surface area contributed by atoms with Gasteiger partial charge < -0.3 is 20.1 Å². The first-order valence-electron chi connectivity index (χ1n) is 11.5. The minimum atomic E-state index is -0.726. The fraction of sp³-hybridized carbons (Fsp3) is 0.542. The minimum Gasteiger partial charge on any atom is -0.490 e. The van der Waals surface area contributed by atoms with Crippen LogP contribution in [-0.4, -0.2) is 35.2 Å². The van der Waals surface area contributed by atoms with E-state index in [0.29, 0.717) is 31.3 Å². The number of rotatable bonds is 11. The van der Waals surface area contributed by atoms with Crippen LogP contribution in [0.3, 0.4) is 0 Å². The van der Waals surface area contributed by atoms with Crippen LogP contribution < -0.4 is 31.4 Å². The Bertz CT molecular complexity index is 1120. The molecule has 1 amide bonds. The summed E-state index contributed by atoms with van der Waals surface area (Å²) in [5, 5.41) is 0.221. The highest BCUT2D eigenvalue weighted by Gasteiger charge is 2.28. The Morgan fingerprint density at radius 1 is 1.15 bits per heavy atom. The number of aromatic nitrogens is 2. The maximum atomic E-state index is 13.7. The molecule has 34 heavy (non-hydrogen) atoms. The van der Waals surface area contributed by atoms with E-state index in [1.165, 1.54) is 15.5 Å². The lowest BCUT2D eigenvalue weighted by atomic mass is 10.1. The van der Waals surface area contributed by atoms with Crippen molar-refractivity contribution in [1.82, 2.24) is 9.55 Å². The predicted molar refractivity (Wildman–Crippen MR) is 135 cm³/mol. The van der Waals surface area contributed by atoms with Crippen molar-refractivity contribution < 1.29 is 14.3 Å². The van der Waals surface area contributed by atoms with Crippen molar-refractivity contribution in [3.8, 4) is 11.5 Å². The first kappa shape index (κ1) is 27.3. The Morgan fingerprint density at radius 2 is 1.82 bits per heavy atom. The van der Waals surface area contributed by atoms with Crippen LogP contribution in [0.15, 0.2) is 21.7 Å². The lowest BCUT2D eigenvalue weighted by molar-refractivity contribution is 0.0983. The first-order chi connectivity index (χ1) is 16.0. The van der Waals surface area contributed by atoms with Gasteiger partial charge in [-0.25, -0.2) is 4.79 Å². The Kier molecular flexibility index (Phi) is 9.61. The molecule has 188 valence electrons. The summed E-state index contributed by atoms with van der Waals surface area (Å²) in [4.78, 5) is 42.6. The van der Waals surface area contributed by atoms with Crippen molar-refractivity contribution in [1.29, 1.82) is 0 Å². The maximum Gasteiger partial charge on any atom is 0.330 e. The number of nitrogens with one attached hydrogen (secondary N) is 1. The van der Waals surface area contributed by atoms with Gasteiger partial charge in [-0.2, -0.15) is 0 Å². The van der Waals surface area contributed by atoms with E-state index in [2.05, 4.69) is 4.98 Å². The van der Waals surface area contributed by atoms with Crippen molar-refractivity contribution in [2.24, 2.45) is 11.8 Å². The van der Waals surface area contributed by atoms with E-state index in [1.807, 2.05) is 41.5 Å². The summed E-state index contributed by atoms with van der Waals surface area (Å²) in [6.45, 7) is 12.7. The Morgan fingerprint density at radius 3 is 2.38 bits per heavy atom. The van der Waals surface area contributed by atoms with Gasteiger partial charge in [0.05, 0.1) is 18.2 Å². The summed E-state index contributed by atoms with van der Waals surface area (Å²) in [6.07, 6.45) is 0.777. The van der Waals surface area contributed by atoms with E-state index < -0.39 is 17.2 Å². The van der Waals surface area contributed by atoms with Crippen LogP contribution >= 0.6 is 11.6 Å². The SMILES string of the molecule is CCCOc1c(Cl)cc(C(=O)N(CC(C)C)c2c(N)n(CC(C)C)c(=O)[nH]c2=O)cc1OCC. The maximum absolute atomic E-state index is 13.7. The number of nitrogens with zero attached hydrogens (tertiary/aromatic N) is 2. The standard InChI is InChI=1S/C24H35ClN4O5/c1-7-9-34-20-17(25)10-16(11-18(20)33-8-2)23(31)28(12-14(3)4)19-21(26)29(13-15(5)6)24(32)27-22(19)30/h10-11,14-15H,7-9,12-13,26H2,1-6H3,(H,27,30,32). The number of nitrogens with two attached hydrogens (primary N) is 1. The molecular weight excluding hydrogens is 460 g/mol. The van der Waals surface area contributed by atoms with Gasteiger partial charge in [-0.3, -0.25) is 19.1 Å². The Labute approximate surface area is 204 Å². The van der Waals surface area contributed by atoms with Gasteiger partial charge in [0, 0.05) is 18.7 Å². The second-order valence-corrected chi connectivity index (χ2v) is 9.28. The number of nitrogen functional groups attached to an aromatic ring is 1. The number of hydrogen-bond acceptors (Lipinski definition) is 6. The fourth-order valence-corrected chi connectivity index (χ4v) is 3.75. The third-order valence-electron chi connectivity index (χ3n) is 4.83. The average molecular weight is 495 g/mol. The molecule has 0 aliphatic heterocycles. The minimum absolute atomic E-state index is 0.00206. The molecule has 0 bridgehead atoms. The van der Waals surface area contributed by atoms with Crippen LogP contribution in [0.2, 0.25) is 5.02 Å². The van der Waals surface area contributed by atoms with Gasteiger partial charge >= 0.3 is 5.69 Å². The average Bonchev–Trinajstić information content (AvgIpc) is 2.74. The van der Waals surface area contributed by atoms with E-state index in [0.717, 1.165) is 6.42 Å². The van der Waals surface area contributed by atoms with Crippen LogP contribution in [0.4, 0.5) is 11.5 Å². The third-order valence-corrected chi connectivity index (χ3v) is 5.11. The number of aromatic amines is 1. The highest BCUT2D eigenvalue weighted by molar-refractivity contribution is 6.32. The molecule has 0 aliphatic rings. The molecule has 3 N–H and O–H groups in total. The number of carbonyl (C=O) groups excluding carboxylic acids is 1. The van der Waals surface area contributed by atoms with Crippen molar-refractivity contribution in [3.05, 3.63) is 43.6 Å². The molecule has 0 unspecified atom stereocenters. The van der Waals surface area contributed by atoms with E-state index in [4.69, 9.17) is 26.8 Å². The third kappa shape index (κ3) is 6.34. The van der Waals surface area contributed by atoms with Gasteiger partial charge in [0.2, 0.25) is 0 Å². The molecule has 0 radical (unpaired) electrons. The molecular formula is C24H35ClN4O5. The van der Waals surface area contributed by atoms with Gasteiger partial charge in [0.1, 0.15) is 5.82 Å². The number of ether oxygens (including phenoxy) is 2. The molecule has 1 heterocycles. The van der Waals surface area contributed by atoms with Crippen LogP contribution in [0.1, 0.15) is 58.3 Å². The lowest BCUT2D eigenvalue weighted by Crippen LogP contribution is -2.43. The summed E-state index contributed by atoms with van der Waals surface area (Å²) in [6, 6.07) is 3.03. The lowest BCUT2D eigenvalue weighted by Gasteiger charge is -2.27. The molecule has 9 nitrogen and oxygen atoms in total. The number of carbonyl (C=O) groups is 1. The molecule has 10 heteroatoms. The Hall–Kier alpha value is -2.94. The van der Waals surface area contributed by atoms with E-state index in [1.54, 1.807) is 6.07 Å². The van der Waals surface area contributed by atoms with Crippen molar-refractivity contribution >= 4 is 29.0 Å². The number of amides is 1. The first-order valence-corrected chi connectivity index (χ1v) is 11.9. The van der Waals surface area contributed by atoms with E-state index >= 15 is 0 Å². The van der Waals surface area contributed by atoms with Gasteiger partial charge in [-0.05, 0) is 37.3 Å². The van der Waals surface area contributed by atoms with Gasteiger partial charge in [-0.15, -0.1) is 0 Å². The number of hydrogen-bond donors (Lipinski definition) is 2. The number of halogens is 1. The predicted octanol–water partition coefficient (Wildman–Crippen LogP) is 3.92. The molecule has 0 saturated heterocycles. The summed E-state index contributed by atoms with van der Waals surface area (Å²) in [7, 11) is 0. The Balaban J connectivity index is 2.67. The smallest absolute Gasteiger partial charge is 0.330 e. The largest absolute Gasteiger partial charge is 0.490 e. The van der Waals surface area contributed by atoms with Crippen molar-refractivity contribution in [2.75, 3.05) is 30.4 Å². The second-order valence-electron chi connectivity index (χ2n) is 8.87. The normalized spacial score (nSPS) is 11.2. The molecule has 1 aromatic heterocycles. The molecule has 0 spiro atoms. The van der Waals surface area contributed by atoms with E-state index in [-0.39, 0.29) is 40.5 Å². The molecule has 2 rings (SSSR count). The molecule has 0 saturated carbocycles. The number of anilines is 2. The molecule has 0 aliphatic carbocycles. The quantitative estimate of drug-likeness (QED) is 0.488. The topological polar surface area (TPSA) is 120 Å². The zero-order valence-corrected chi connectivity index (χ0v) is 21.5. The van der Waals surface area contributed by atoms with E-state index in [9.17, 15) is 14.4 Å². The van der Waals surface area contributed by atoms with Crippen LogP contribution in [0, 0.1) is 11.8 Å². The van der Waals surface area contributed by atoms with Crippen LogP contribution in [0.25, 0.3) is 0 Å². The number of benzene rings is 1. The van der Waals surface area contributed by atoms with Crippen LogP contribution in [-0.2, 0) is 6.54 Å². The summed E-state index contributed by atoms with van der Waals surface area (Å²) in [5.41, 5.74) is 5.09. The highest BCUT2D eigenvalue weighted by Crippen LogP contribution is 2.37. The van der Waals surface area contributed by atoms with Gasteiger partial charge in [-0.1, -0.05) is 46.2 Å². The summed E-state index contributed by atoms with van der Waals surface area (Å²) in [5.74, 6) is 0.239. The van der Waals surface area contributed by atoms with Gasteiger partial charge in [0.25, 0.3) is 11.5 Å². The van der Waals surface area contributed by atoms with Crippen molar-refractivity contribution in [3.63, 3.8) is 0 Å². The monoisotopic (exact) mass is 494 g/mol. The van der Waals surface area contributed by atoms with Gasteiger partial charge in [0.15, 0.2) is 17.2 Å². The molecule has 0 fully saturated rings. The summed E-state index contributed by atoms with van der Waals surface area (Å²) >= 11 is 6.46. The summed E-state index contributed by atoms with van der Waals surface area (Å²) < 4.78 is 12.7. The fourth-order valence-electron chi connectivity index (χ4n) is 3.48. The zero-order valence-electron chi connectivity index (χ0n) is 20.7. The zero-order chi connectivity index (χ0) is 25.6.